The van der Waals surface area contributed by atoms with Gasteiger partial charge in [-0.05, 0) is 36.2 Å². The number of halogens is 2. The van der Waals surface area contributed by atoms with Crippen molar-refractivity contribution in [1.82, 2.24) is 9.78 Å². The molecule has 0 saturated carbocycles. The molecule has 0 atom stereocenters. The monoisotopic (exact) mass is 446 g/mol. The summed E-state index contributed by atoms with van der Waals surface area (Å²) in [5, 5.41) is 20.1. The Kier molecular flexibility index (Phi) is 6.71. The first-order chi connectivity index (χ1) is 14.2. The molecule has 3 aromatic rings. The summed E-state index contributed by atoms with van der Waals surface area (Å²) in [6, 6.07) is 14.1. The molecule has 3 rings (SSSR count). The smallest absolute Gasteiger partial charge is 0.324 e. The number of hydrogen-bond acceptors (Lipinski definition) is 3. The van der Waals surface area contributed by atoms with Gasteiger partial charge in [-0.1, -0.05) is 62.2 Å². The fourth-order valence-corrected chi connectivity index (χ4v) is 3.22. The number of hydrogen-bond donors (Lipinski definition) is 3. The molecule has 1 aromatic heterocycles. The second-order valence-corrected chi connectivity index (χ2v) is 8.69. The molecule has 8 heteroatoms. The molecule has 0 radical (unpaired) electrons. The largest absolute Gasteiger partial charge is 0.396 e. The van der Waals surface area contributed by atoms with Crippen molar-refractivity contribution in [2.24, 2.45) is 0 Å². The van der Waals surface area contributed by atoms with Gasteiger partial charge in [0.05, 0.1) is 27.1 Å². The maximum Gasteiger partial charge on any atom is 0.324 e. The van der Waals surface area contributed by atoms with Crippen molar-refractivity contribution in [2.75, 3.05) is 17.2 Å². The lowest BCUT2D eigenvalue weighted by atomic mass is 9.92. The van der Waals surface area contributed by atoms with Crippen LogP contribution in [-0.2, 0) is 11.8 Å². The summed E-state index contributed by atoms with van der Waals surface area (Å²) >= 11 is 12.2. The molecule has 0 aliphatic carbocycles. The molecule has 3 N–H and O–H groups in total. The Labute approximate surface area is 185 Å². The van der Waals surface area contributed by atoms with Crippen molar-refractivity contribution in [3.8, 4) is 5.69 Å². The molecule has 0 fully saturated rings. The zero-order valence-electron chi connectivity index (χ0n) is 17.0. The second kappa shape index (κ2) is 9.08. The number of benzene rings is 2. The van der Waals surface area contributed by atoms with E-state index in [4.69, 9.17) is 28.3 Å². The minimum absolute atomic E-state index is 0.0592. The third-order valence-corrected chi connectivity index (χ3v) is 5.29. The van der Waals surface area contributed by atoms with Gasteiger partial charge in [0.25, 0.3) is 0 Å². The highest BCUT2D eigenvalue weighted by Crippen LogP contribution is 2.30. The van der Waals surface area contributed by atoms with E-state index < -0.39 is 6.03 Å². The molecule has 0 unspecified atom stereocenters. The quantitative estimate of drug-likeness (QED) is 0.473. The van der Waals surface area contributed by atoms with Crippen LogP contribution in [0.3, 0.4) is 0 Å². The Morgan fingerprint density at radius 3 is 2.53 bits per heavy atom. The SMILES string of the molecule is CC(C)(C)c1cc(NC(=O)Nc2cccc(Cl)c2Cl)n(-c2cccc(CCO)c2)n1. The lowest BCUT2D eigenvalue weighted by molar-refractivity contribution is 0.262. The van der Waals surface area contributed by atoms with Crippen LogP contribution in [-0.4, -0.2) is 27.5 Å². The number of aliphatic hydroxyl groups excluding tert-OH is 1. The van der Waals surface area contributed by atoms with E-state index in [-0.39, 0.29) is 17.0 Å². The molecule has 2 aromatic carbocycles. The van der Waals surface area contributed by atoms with Gasteiger partial charge in [0.1, 0.15) is 5.82 Å². The van der Waals surface area contributed by atoms with Crippen LogP contribution in [0.1, 0.15) is 32.0 Å². The third kappa shape index (κ3) is 5.14. The summed E-state index contributed by atoms with van der Waals surface area (Å²) in [4.78, 5) is 12.7. The number of rotatable bonds is 5. The molecule has 0 aliphatic rings. The topological polar surface area (TPSA) is 79.2 Å². The number of carbonyl (C=O) groups excluding carboxylic acids is 1. The standard InChI is InChI=1S/C22H24Cl2N4O2/c1-22(2,3)18-13-19(26-21(30)25-17-9-5-8-16(23)20(17)24)28(27-18)15-7-4-6-14(12-15)10-11-29/h4-9,12-13,29H,10-11H2,1-3H3,(H2,25,26,30). The number of nitrogens with zero attached hydrogens (tertiary/aromatic N) is 2. The lowest BCUT2D eigenvalue weighted by Gasteiger charge is -2.14. The molecule has 1 heterocycles. The minimum Gasteiger partial charge on any atom is -0.396 e. The Bertz CT molecular complexity index is 1060. The molecule has 0 saturated heterocycles. The fourth-order valence-electron chi connectivity index (χ4n) is 2.88. The molecule has 0 aliphatic heterocycles. The van der Waals surface area contributed by atoms with Crippen molar-refractivity contribution >= 4 is 40.7 Å². The molecule has 158 valence electrons. The van der Waals surface area contributed by atoms with Crippen LogP contribution in [0.5, 0.6) is 0 Å². The van der Waals surface area contributed by atoms with E-state index in [0.29, 0.717) is 22.9 Å². The van der Waals surface area contributed by atoms with E-state index in [9.17, 15) is 9.90 Å². The molecule has 2 amide bonds. The van der Waals surface area contributed by atoms with Crippen molar-refractivity contribution in [3.05, 3.63) is 69.8 Å². The summed E-state index contributed by atoms with van der Waals surface area (Å²) in [6.45, 7) is 6.22. The average molecular weight is 447 g/mol. The van der Waals surface area contributed by atoms with Crippen LogP contribution in [0.4, 0.5) is 16.3 Å². The van der Waals surface area contributed by atoms with E-state index in [1.165, 1.54) is 0 Å². The van der Waals surface area contributed by atoms with Gasteiger partial charge >= 0.3 is 6.03 Å². The van der Waals surface area contributed by atoms with Gasteiger partial charge in [-0.15, -0.1) is 0 Å². The molecular weight excluding hydrogens is 423 g/mol. The summed E-state index contributed by atoms with van der Waals surface area (Å²) in [7, 11) is 0. The van der Waals surface area contributed by atoms with Crippen LogP contribution in [0.25, 0.3) is 5.69 Å². The number of carbonyl (C=O) groups is 1. The Hall–Kier alpha value is -2.54. The van der Waals surface area contributed by atoms with Gasteiger partial charge in [-0.2, -0.15) is 5.10 Å². The highest BCUT2D eigenvalue weighted by molar-refractivity contribution is 6.44. The first kappa shape index (κ1) is 22.2. The van der Waals surface area contributed by atoms with Crippen molar-refractivity contribution < 1.29 is 9.90 Å². The number of amides is 2. The second-order valence-electron chi connectivity index (χ2n) is 7.90. The van der Waals surface area contributed by atoms with Crippen molar-refractivity contribution in [1.29, 1.82) is 0 Å². The first-order valence-electron chi connectivity index (χ1n) is 9.52. The molecule has 30 heavy (non-hydrogen) atoms. The number of urea groups is 1. The van der Waals surface area contributed by atoms with E-state index in [1.807, 2.05) is 30.3 Å². The Balaban J connectivity index is 1.93. The number of aromatic nitrogens is 2. The Morgan fingerprint density at radius 1 is 1.10 bits per heavy atom. The summed E-state index contributed by atoms with van der Waals surface area (Å²) in [5.41, 5.74) is 2.79. The van der Waals surface area contributed by atoms with E-state index in [1.54, 1.807) is 22.9 Å². The van der Waals surface area contributed by atoms with Crippen molar-refractivity contribution in [3.63, 3.8) is 0 Å². The van der Waals surface area contributed by atoms with Crippen molar-refractivity contribution in [2.45, 2.75) is 32.6 Å². The van der Waals surface area contributed by atoms with Crippen LogP contribution >= 0.6 is 23.2 Å². The normalized spacial score (nSPS) is 11.4. The van der Waals surface area contributed by atoms with Gasteiger partial charge in [0, 0.05) is 18.1 Å². The predicted molar refractivity (Wildman–Crippen MR) is 122 cm³/mol. The van der Waals surface area contributed by atoms with Crippen LogP contribution in [0, 0.1) is 0 Å². The van der Waals surface area contributed by atoms with Gasteiger partial charge in [-0.25, -0.2) is 9.48 Å². The van der Waals surface area contributed by atoms with Crippen LogP contribution in [0.2, 0.25) is 10.0 Å². The third-order valence-electron chi connectivity index (χ3n) is 4.47. The minimum atomic E-state index is -0.465. The maximum absolute atomic E-state index is 12.7. The molecule has 0 bridgehead atoms. The average Bonchev–Trinajstić information content (AvgIpc) is 3.10. The molecule has 6 nitrogen and oxygen atoms in total. The van der Waals surface area contributed by atoms with Gasteiger partial charge in [-0.3, -0.25) is 5.32 Å². The summed E-state index contributed by atoms with van der Waals surface area (Å²) in [6.07, 6.45) is 0.539. The lowest BCUT2D eigenvalue weighted by Crippen LogP contribution is -2.21. The fraction of sp³-hybridized carbons (Fsp3) is 0.273. The zero-order chi connectivity index (χ0) is 21.9. The highest BCUT2D eigenvalue weighted by atomic mass is 35.5. The van der Waals surface area contributed by atoms with Gasteiger partial charge < -0.3 is 10.4 Å². The summed E-state index contributed by atoms with van der Waals surface area (Å²) < 4.78 is 1.68. The van der Waals surface area contributed by atoms with E-state index in [0.717, 1.165) is 16.9 Å². The number of nitrogens with one attached hydrogen (secondary N) is 2. The molecule has 0 spiro atoms. The molecular formula is C22H24Cl2N4O2. The highest BCUT2D eigenvalue weighted by Gasteiger charge is 2.22. The zero-order valence-corrected chi connectivity index (χ0v) is 18.6. The van der Waals surface area contributed by atoms with Crippen LogP contribution < -0.4 is 10.6 Å². The van der Waals surface area contributed by atoms with Gasteiger partial charge in [0.15, 0.2) is 0 Å². The van der Waals surface area contributed by atoms with Crippen LogP contribution in [0.15, 0.2) is 48.5 Å². The number of anilines is 2. The predicted octanol–water partition coefficient (Wildman–Crippen LogP) is 5.66. The van der Waals surface area contributed by atoms with Gasteiger partial charge in [0.2, 0.25) is 0 Å². The summed E-state index contributed by atoms with van der Waals surface area (Å²) in [5.74, 6) is 0.511. The Morgan fingerprint density at radius 2 is 1.83 bits per heavy atom. The first-order valence-corrected chi connectivity index (χ1v) is 10.3. The van der Waals surface area contributed by atoms with E-state index in [2.05, 4.69) is 31.4 Å². The van der Waals surface area contributed by atoms with E-state index >= 15 is 0 Å². The maximum atomic E-state index is 12.7. The number of aliphatic hydroxyl groups is 1.